The second-order valence-corrected chi connectivity index (χ2v) is 8.80. The minimum atomic E-state index is -0.580. The van der Waals surface area contributed by atoms with Gasteiger partial charge in [-0.3, -0.25) is 9.59 Å². The number of hydrogen-bond donors (Lipinski definition) is 2. The van der Waals surface area contributed by atoms with Crippen molar-refractivity contribution in [3.8, 4) is 11.8 Å². The van der Waals surface area contributed by atoms with Gasteiger partial charge in [0.1, 0.15) is 17.4 Å². The van der Waals surface area contributed by atoms with E-state index in [4.69, 9.17) is 16.3 Å². The Morgan fingerprint density at radius 2 is 1.71 bits per heavy atom. The molecule has 3 aromatic rings. The Bertz CT molecular complexity index is 1300. The quantitative estimate of drug-likeness (QED) is 0.273. The summed E-state index contributed by atoms with van der Waals surface area (Å²) in [6.45, 7) is 3.73. The summed E-state index contributed by atoms with van der Waals surface area (Å²) in [5.74, 6) is -0.559. The lowest BCUT2D eigenvalue weighted by molar-refractivity contribution is -0.118. The van der Waals surface area contributed by atoms with Crippen LogP contribution in [0.2, 0.25) is 5.02 Å². The van der Waals surface area contributed by atoms with Crippen molar-refractivity contribution in [3.63, 3.8) is 0 Å². The van der Waals surface area contributed by atoms with Crippen LogP contribution in [0, 0.1) is 25.2 Å². The minimum absolute atomic E-state index is 0.127. The lowest BCUT2D eigenvalue weighted by Crippen LogP contribution is -2.20. The van der Waals surface area contributed by atoms with E-state index >= 15 is 0 Å². The first-order chi connectivity index (χ1) is 16.2. The third-order valence-electron chi connectivity index (χ3n) is 4.89. The fraction of sp³-hybridized carbons (Fsp3) is 0.115. The second kappa shape index (κ2) is 11.5. The third-order valence-corrected chi connectivity index (χ3v) is 5.63. The molecule has 0 atom stereocenters. The topological polar surface area (TPSA) is 91.2 Å². The van der Waals surface area contributed by atoms with Crippen molar-refractivity contribution in [2.45, 2.75) is 13.8 Å². The number of carbonyl (C=O) groups is 2. The van der Waals surface area contributed by atoms with Crippen LogP contribution in [0.25, 0.3) is 6.08 Å². The average Bonchev–Trinajstić information content (AvgIpc) is 2.80. The first kappa shape index (κ1) is 25.0. The molecule has 0 aliphatic heterocycles. The minimum Gasteiger partial charge on any atom is -0.483 e. The maximum Gasteiger partial charge on any atom is 0.266 e. The van der Waals surface area contributed by atoms with Crippen LogP contribution in [0.1, 0.15) is 16.7 Å². The summed E-state index contributed by atoms with van der Waals surface area (Å²) in [7, 11) is 0. The third kappa shape index (κ3) is 6.95. The average molecular weight is 539 g/mol. The fourth-order valence-corrected chi connectivity index (χ4v) is 3.46. The number of aryl methyl sites for hydroxylation is 2. The molecule has 6 nitrogen and oxygen atoms in total. The molecule has 0 unspecified atom stereocenters. The molecule has 0 heterocycles. The van der Waals surface area contributed by atoms with E-state index in [1.165, 1.54) is 6.08 Å². The standard InChI is InChI=1S/C26H21BrClN3O3/c1-16-3-7-23(11-17(16)2)30-25(32)15-34-24-10-4-20(27)13-18(24)12-19(14-29)26(33)31-22-8-5-21(28)6-9-22/h3-13H,15H2,1-2H3,(H,30,32)(H,31,33)/b19-12-. The summed E-state index contributed by atoms with van der Waals surface area (Å²) in [6, 6.07) is 19.2. The number of nitriles is 1. The Kier molecular flexibility index (Phi) is 8.47. The molecule has 0 aliphatic carbocycles. The zero-order valence-corrected chi connectivity index (χ0v) is 20.8. The zero-order chi connectivity index (χ0) is 24.7. The molecule has 0 saturated heterocycles. The second-order valence-electron chi connectivity index (χ2n) is 7.45. The van der Waals surface area contributed by atoms with Gasteiger partial charge in [0.25, 0.3) is 11.8 Å². The number of rotatable bonds is 7. The van der Waals surface area contributed by atoms with Crippen LogP contribution in [0.15, 0.2) is 70.7 Å². The largest absolute Gasteiger partial charge is 0.483 e. The van der Waals surface area contributed by atoms with E-state index in [1.807, 2.05) is 38.1 Å². The number of amides is 2. The van der Waals surface area contributed by atoms with Gasteiger partial charge in [-0.2, -0.15) is 5.26 Å². The highest BCUT2D eigenvalue weighted by Gasteiger charge is 2.13. The number of anilines is 2. The number of halogens is 2. The Balaban J connectivity index is 1.73. The van der Waals surface area contributed by atoms with Gasteiger partial charge in [-0.05, 0) is 85.6 Å². The van der Waals surface area contributed by atoms with E-state index in [2.05, 4.69) is 26.6 Å². The predicted octanol–water partition coefficient (Wildman–Crippen LogP) is 6.28. The summed E-state index contributed by atoms with van der Waals surface area (Å²) >= 11 is 9.25. The summed E-state index contributed by atoms with van der Waals surface area (Å²) in [5.41, 5.74) is 3.73. The Morgan fingerprint density at radius 3 is 2.38 bits per heavy atom. The van der Waals surface area contributed by atoms with Crippen molar-refractivity contribution in [2.24, 2.45) is 0 Å². The number of carbonyl (C=O) groups excluding carboxylic acids is 2. The molecule has 0 aliphatic rings. The summed E-state index contributed by atoms with van der Waals surface area (Å²) in [4.78, 5) is 25.0. The van der Waals surface area contributed by atoms with Gasteiger partial charge in [0.2, 0.25) is 0 Å². The van der Waals surface area contributed by atoms with Crippen molar-refractivity contribution >= 4 is 56.8 Å². The molecule has 2 amide bonds. The Morgan fingerprint density at radius 1 is 1.00 bits per heavy atom. The Hall–Kier alpha value is -3.60. The van der Waals surface area contributed by atoms with Crippen LogP contribution in [-0.4, -0.2) is 18.4 Å². The van der Waals surface area contributed by atoms with Crippen LogP contribution in [0.5, 0.6) is 5.75 Å². The van der Waals surface area contributed by atoms with Crippen LogP contribution < -0.4 is 15.4 Å². The van der Waals surface area contributed by atoms with Gasteiger partial charge >= 0.3 is 0 Å². The van der Waals surface area contributed by atoms with Crippen molar-refractivity contribution in [1.29, 1.82) is 5.26 Å². The maximum absolute atomic E-state index is 12.6. The molecular formula is C26H21BrClN3O3. The fourth-order valence-electron chi connectivity index (χ4n) is 2.96. The van der Waals surface area contributed by atoms with Crippen molar-refractivity contribution in [1.82, 2.24) is 0 Å². The first-order valence-electron chi connectivity index (χ1n) is 10.2. The number of hydrogen-bond acceptors (Lipinski definition) is 4. The predicted molar refractivity (Wildman–Crippen MR) is 138 cm³/mol. The van der Waals surface area contributed by atoms with Crippen LogP contribution in [0.4, 0.5) is 11.4 Å². The van der Waals surface area contributed by atoms with E-state index in [9.17, 15) is 14.9 Å². The van der Waals surface area contributed by atoms with Crippen LogP contribution >= 0.6 is 27.5 Å². The van der Waals surface area contributed by atoms with Gasteiger partial charge in [-0.1, -0.05) is 33.6 Å². The molecule has 0 aromatic heterocycles. The van der Waals surface area contributed by atoms with E-state index in [0.29, 0.717) is 27.7 Å². The van der Waals surface area contributed by atoms with Gasteiger partial charge in [0, 0.05) is 26.4 Å². The number of nitrogens with one attached hydrogen (secondary N) is 2. The molecule has 172 valence electrons. The number of nitrogens with zero attached hydrogens (tertiary/aromatic N) is 1. The monoisotopic (exact) mass is 537 g/mol. The van der Waals surface area contributed by atoms with Crippen LogP contribution in [-0.2, 0) is 9.59 Å². The van der Waals surface area contributed by atoms with Gasteiger partial charge in [-0.15, -0.1) is 0 Å². The highest BCUT2D eigenvalue weighted by atomic mass is 79.9. The van der Waals surface area contributed by atoms with E-state index in [-0.39, 0.29) is 18.1 Å². The molecule has 2 N–H and O–H groups in total. The molecule has 34 heavy (non-hydrogen) atoms. The molecule has 8 heteroatoms. The highest BCUT2D eigenvalue weighted by molar-refractivity contribution is 9.10. The van der Waals surface area contributed by atoms with Gasteiger partial charge in [-0.25, -0.2) is 0 Å². The smallest absolute Gasteiger partial charge is 0.266 e. The van der Waals surface area contributed by atoms with E-state index < -0.39 is 5.91 Å². The molecule has 0 bridgehead atoms. The molecule has 0 radical (unpaired) electrons. The number of benzene rings is 3. The van der Waals surface area contributed by atoms with Crippen LogP contribution in [0.3, 0.4) is 0 Å². The lowest BCUT2D eigenvalue weighted by Gasteiger charge is -2.12. The maximum atomic E-state index is 12.6. The molecule has 3 rings (SSSR count). The van der Waals surface area contributed by atoms with Crippen molar-refractivity contribution < 1.29 is 14.3 Å². The van der Waals surface area contributed by atoms with E-state index in [0.717, 1.165) is 15.6 Å². The number of ether oxygens (including phenoxy) is 1. The lowest BCUT2D eigenvalue weighted by atomic mass is 10.1. The zero-order valence-electron chi connectivity index (χ0n) is 18.5. The molecule has 0 saturated carbocycles. The molecule has 0 spiro atoms. The molecule has 0 fully saturated rings. The molecular weight excluding hydrogens is 518 g/mol. The highest BCUT2D eigenvalue weighted by Crippen LogP contribution is 2.26. The Labute approximate surface area is 211 Å². The van der Waals surface area contributed by atoms with Gasteiger partial charge < -0.3 is 15.4 Å². The summed E-state index contributed by atoms with van der Waals surface area (Å²) in [5, 5.41) is 15.5. The van der Waals surface area contributed by atoms with Crippen molar-refractivity contribution in [3.05, 3.63) is 92.4 Å². The normalized spacial score (nSPS) is 10.9. The summed E-state index contributed by atoms with van der Waals surface area (Å²) in [6.07, 6.45) is 1.41. The van der Waals surface area contributed by atoms with Gasteiger partial charge in [0.15, 0.2) is 6.61 Å². The summed E-state index contributed by atoms with van der Waals surface area (Å²) < 4.78 is 6.43. The van der Waals surface area contributed by atoms with E-state index in [1.54, 1.807) is 42.5 Å². The SMILES string of the molecule is Cc1ccc(NC(=O)COc2ccc(Br)cc2/C=C(/C#N)C(=O)Nc2ccc(Cl)cc2)cc1C. The van der Waals surface area contributed by atoms with Crippen molar-refractivity contribution in [2.75, 3.05) is 17.2 Å². The van der Waals surface area contributed by atoms with Gasteiger partial charge in [0.05, 0.1) is 0 Å². The molecule has 3 aromatic carbocycles. The first-order valence-corrected chi connectivity index (χ1v) is 11.4.